The first-order valence-electron chi connectivity index (χ1n) is 8.94. The van der Waals surface area contributed by atoms with Crippen LogP contribution in [-0.4, -0.2) is 80.7 Å². The zero-order chi connectivity index (χ0) is 19.4. The normalized spacial score (nSPS) is 22.5. The highest BCUT2D eigenvalue weighted by molar-refractivity contribution is 7.89. The number of hydrogen-bond donors (Lipinski definition) is 2. The molecule has 10 heteroatoms. The fourth-order valence-electron chi connectivity index (χ4n) is 3.26. The Morgan fingerprint density at radius 3 is 2.74 bits per heavy atom. The van der Waals surface area contributed by atoms with Crippen LogP contribution in [0.5, 0.6) is 0 Å². The van der Waals surface area contributed by atoms with E-state index >= 15 is 0 Å². The lowest BCUT2D eigenvalue weighted by molar-refractivity contribution is -0.118. The van der Waals surface area contributed by atoms with Gasteiger partial charge in [0, 0.05) is 19.6 Å². The standard InChI is InChI=1S/C17H24ClN3O5S/c18-15-4-3-14(27(24,25)21-6-8-26-9-7-21)10-16(15)19-17(23)12-20-5-1-2-13(22)11-20/h3-4,10,13,22H,1-2,5-9,11-12H2,(H,19,23). The summed E-state index contributed by atoms with van der Waals surface area (Å²) in [6.45, 7) is 2.62. The first-order valence-corrected chi connectivity index (χ1v) is 10.8. The molecule has 0 aromatic heterocycles. The summed E-state index contributed by atoms with van der Waals surface area (Å²) in [5, 5.41) is 12.7. The van der Waals surface area contributed by atoms with E-state index in [4.69, 9.17) is 16.3 Å². The molecule has 1 aromatic carbocycles. The summed E-state index contributed by atoms with van der Waals surface area (Å²) in [6.07, 6.45) is 1.16. The molecule has 0 saturated carbocycles. The molecule has 2 aliphatic heterocycles. The lowest BCUT2D eigenvalue weighted by Gasteiger charge is -2.29. The van der Waals surface area contributed by atoms with E-state index in [0.29, 0.717) is 32.8 Å². The molecule has 150 valence electrons. The summed E-state index contributed by atoms with van der Waals surface area (Å²) in [5.41, 5.74) is 0.258. The molecule has 1 unspecified atom stereocenters. The van der Waals surface area contributed by atoms with Crippen LogP contribution in [0.25, 0.3) is 0 Å². The monoisotopic (exact) mass is 417 g/mol. The number of aliphatic hydroxyl groups is 1. The number of nitrogens with zero attached hydrogens (tertiary/aromatic N) is 2. The summed E-state index contributed by atoms with van der Waals surface area (Å²) in [4.78, 5) is 14.3. The fraction of sp³-hybridized carbons (Fsp3) is 0.588. The number of sulfonamides is 1. The minimum Gasteiger partial charge on any atom is -0.392 e. The number of hydrogen-bond acceptors (Lipinski definition) is 6. The summed E-state index contributed by atoms with van der Waals surface area (Å²) < 4.78 is 32.1. The summed E-state index contributed by atoms with van der Waals surface area (Å²) >= 11 is 6.15. The van der Waals surface area contributed by atoms with Gasteiger partial charge in [-0.3, -0.25) is 9.69 Å². The Balaban J connectivity index is 1.70. The highest BCUT2D eigenvalue weighted by Gasteiger charge is 2.27. The lowest BCUT2D eigenvalue weighted by Crippen LogP contribution is -2.42. The van der Waals surface area contributed by atoms with Crippen molar-refractivity contribution in [1.82, 2.24) is 9.21 Å². The largest absolute Gasteiger partial charge is 0.392 e. The molecule has 0 spiro atoms. The first kappa shape index (κ1) is 20.5. The molecule has 1 aromatic rings. The molecule has 2 saturated heterocycles. The molecule has 2 fully saturated rings. The lowest BCUT2D eigenvalue weighted by atomic mass is 10.1. The smallest absolute Gasteiger partial charge is 0.243 e. The van der Waals surface area contributed by atoms with Crippen molar-refractivity contribution in [3.05, 3.63) is 23.2 Å². The van der Waals surface area contributed by atoms with Crippen LogP contribution in [0.1, 0.15) is 12.8 Å². The van der Waals surface area contributed by atoms with Gasteiger partial charge in [0.05, 0.1) is 41.5 Å². The van der Waals surface area contributed by atoms with Gasteiger partial charge in [0.25, 0.3) is 0 Å². The van der Waals surface area contributed by atoms with Gasteiger partial charge in [0.1, 0.15) is 0 Å². The predicted molar refractivity (Wildman–Crippen MR) is 101 cm³/mol. The number of halogens is 1. The Kier molecular flexibility index (Phi) is 6.72. The Morgan fingerprint density at radius 2 is 2.04 bits per heavy atom. The third-order valence-electron chi connectivity index (χ3n) is 4.67. The zero-order valence-corrected chi connectivity index (χ0v) is 16.5. The number of anilines is 1. The number of β-amino-alcohol motifs (C(OH)–C–C–N with tert-alkyl or cyclic N) is 1. The molecule has 0 radical (unpaired) electrons. The average Bonchev–Trinajstić information content (AvgIpc) is 2.64. The summed E-state index contributed by atoms with van der Waals surface area (Å²) in [5.74, 6) is -0.299. The van der Waals surface area contributed by atoms with Crippen molar-refractivity contribution in [2.75, 3.05) is 51.3 Å². The van der Waals surface area contributed by atoms with E-state index in [-0.39, 0.29) is 28.1 Å². The van der Waals surface area contributed by atoms with Crippen LogP contribution in [0.4, 0.5) is 5.69 Å². The summed E-state index contributed by atoms with van der Waals surface area (Å²) in [7, 11) is -3.67. The number of ether oxygens (including phenoxy) is 1. The van der Waals surface area contributed by atoms with Crippen molar-refractivity contribution < 1.29 is 23.1 Å². The van der Waals surface area contributed by atoms with Crippen LogP contribution in [0.15, 0.2) is 23.1 Å². The fourth-order valence-corrected chi connectivity index (χ4v) is 4.86. The first-order chi connectivity index (χ1) is 12.9. The number of benzene rings is 1. The number of likely N-dealkylation sites (tertiary alicyclic amines) is 1. The number of piperidine rings is 1. The topological polar surface area (TPSA) is 99.2 Å². The second-order valence-corrected chi connectivity index (χ2v) is 9.08. The van der Waals surface area contributed by atoms with E-state index in [9.17, 15) is 18.3 Å². The van der Waals surface area contributed by atoms with Crippen molar-refractivity contribution in [3.8, 4) is 0 Å². The van der Waals surface area contributed by atoms with Gasteiger partial charge in [-0.15, -0.1) is 0 Å². The number of rotatable bonds is 5. The molecule has 1 amide bonds. The minimum absolute atomic E-state index is 0.0810. The van der Waals surface area contributed by atoms with Crippen LogP contribution in [0, 0.1) is 0 Å². The number of carbonyl (C=O) groups is 1. The molecule has 1 atom stereocenters. The van der Waals surface area contributed by atoms with E-state index < -0.39 is 16.1 Å². The van der Waals surface area contributed by atoms with Gasteiger partial charge in [-0.05, 0) is 37.6 Å². The van der Waals surface area contributed by atoms with Crippen LogP contribution in [-0.2, 0) is 19.6 Å². The number of carbonyl (C=O) groups excluding carboxylic acids is 1. The summed E-state index contributed by atoms with van der Waals surface area (Å²) in [6, 6.07) is 4.29. The van der Waals surface area contributed by atoms with Crippen LogP contribution in [0.2, 0.25) is 5.02 Å². The van der Waals surface area contributed by atoms with Crippen molar-refractivity contribution in [2.24, 2.45) is 0 Å². The van der Waals surface area contributed by atoms with Gasteiger partial charge < -0.3 is 15.2 Å². The van der Waals surface area contributed by atoms with Crippen molar-refractivity contribution in [1.29, 1.82) is 0 Å². The van der Waals surface area contributed by atoms with E-state index in [0.717, 1.165) is 19.4 Å². The molecule has 2 N–H and O–H groups in total. The Morgan fingerprint density at radius 1 is 1.30 bits per heavy atom. The van der Waals surface area contributed by atoms with E-state index in [1.165, 1.54) is 22.5 Å². The van der Waals surface area contributed by atoms with Crippen molar-refractivity contribution in [2.45, 2.75) is 23.8 Å². The maximum absolute atomic E-state index is 12.8. The van der Waals surface area contributed by atoms with E-state index in [2.05, 4.69) is 5.32 Å². The number of nitrogens with one attached hydrogen (secondary N) is 1. The van der Waals surface area contributed by atoms with Crippen LogP contribution < -0.4 is 5.32 Å². The number of morpholine rings is 1. The molecule has 2 aliphatic rings. The van der Waals surface area contributed by atoms with Gasteiger partial charge in [-0.1, -0.05) is 11.6 Å². The maximum atomic E-state index is 12.8. The third kappa shape index (κ3) is 5.18. The second kappa shape index (κ2) is 8.85. The minimum atomic E-state index is -3.67. The number of amides is 1. The van der Waals surface area contributed by atoms with E-state index in [1.807, 2.05) is 4.90 Å². The molecule has 8 nitrogen and oxygen atoms in total. The molecule has 2 heterocycles. The maximum Gasteiger partial charge on any atom is 0.243 e. The third-order valence-corrected chi connectivity index (χ3v) is 6.89. The van der Waals surface area contributed by atoms with Gasteiger partial charge in [0.15, 0.2) is 0 Å². The van der Waals surface area contributed by atoms with Crippen LogP contribution >= 0.6 is 11.6 Å². The Bertz CT molecular complexity index is 783. The average molecular weight is 418 g/mol. The molecule has 3 rings (SSSR count). The molecular formula is C17H24ClN3O5S. The predicted octanol–water partition coefficient (Wildman–Crippen LogP) is 0.756. The zero-order valence-electron chi connectivity index (χ0n) is 14.9. The van der Waals surface area contributed by atoms with Gasteiger partial charge in [-0.25, -0.2) is 8.42 Å². The van der Waals surface area contributed by atoms with Crippen molar-refractivity contribution >= 4 is 33.2 Å². The highest BCUT2D eigenvalue weighted by Crippen LogP contribution is 2.27. The highest BCUT2D eigenvalue weighted by atomic mass is 35.5. The molecular weight excluding hydrogens is 394 g/mol. The van der Waals surface area contributed by atoms with Crippen molar-refractivity contribution in [3.63, 3.8) is 0 Å². The quantitative estimate of drug-likeness (QED) is 0.733. The molecule has 0 bridgehead atoms. The SMILES string of the molecule is O=C(CN1CCCC(O)C1)Nc1cc(S(=O)(=O)N2CCOCC2)ccc1Cl. The Hall–Kier alpha value is -1.23. The molecule has 0 aliphatic carbocycles. The van der Waals surface area contributed by atoms with E-state index in [1.54, 1.807) is 0 Å². The second-order valence-electron chi connectivity index (χ2n) is 6.74. The van der Waals surface area contributed by atoms with Gasteiger partial charge in [-0.2, -0.15) is 4.31 Å². The Labute approximate surface area is 164 Å². The van der Waals surface area contributed by atoms with Gasteiger partial charge in [0.2, 0.25) is 15.9 Å². The van der Waals surface area contributed by atoms with Crippen LogP contribution in [0.3, 0.4) is 0 Å². The molecule has 27 heavy (non-hydrogen) atoms. The number of aliphatic hydroxyl groups excluding tert-OH is 1. The van der Waals surface area contributed by atoms with Gasteiger partial charge >= 0.3 is 0 Å².